The Kier molecular flexibility index (Phi) is 3.56. The minimum Gasteiger partial charge on any atom is -0.399 e. The summed E-state index contributed by atoms with van der Waals surface area (Å²) in [5.41, 5.74) is 5.00. The maximum Gasteiger partial charge on any atom is 0.405 e. The molecule has 2 rings (SSSR count). The summed E-state index contributed by atoms with van der Waals surface area (Å²) < 4.78 is 63.5. The van der Waals surface area contributed by atoms with Crippen LogP contribution in [0.5, 0.6) is 0 Å². The van der Waals surface area contributed by atoms with Crippen LogP contribution in [0.4, 0.5) is 33.3 Å². The Balaban J connectivity index is 2.36. The minimum absolute atomic E-state index is 0.0796. The lowest BCUT2D eigenvalue weighted by atomic mass is 10.1. The van der Waals surface area contributed by atoms with Crippen molar-refractivity contribution in [3.05, 3.63) is 23.8 Å². The first-order valence-corrected chi connectivity index (χ1v) is 5.79. The fourth-order valence-electron chi connectivity index (χ4n) is 2.00. The van der Waals surface area contributed by atoms with E-state index in [4.69, 9.17) is 5.73 Å². The summed E-state index contributed by atoms with van der Waals surface area (Å²) in [5.74, 6) is 0. The van der Waals surface area contributed by atoms with E-state index in [0.29, 0.717) is 12.8 Å². The molecule has 1 aliphatic carbocycles. The molecule has 0 spiro atoms. The van der Waals surface area contributed by atoms with Gasteiger partial charge >= 0.3 is 6.18 Å². The van der Waals surface area contributed by atoms with Gasteiger partial charge in [-0.1, -0.05) is 0 Å². The van der Waals surface area contributed by atoms with Crippen molar-refractivity contribution in [2.75, 3.05) is 17.2 Å². The Hall–Kier alpha value is -1.53. The number of hydrogen-bond donors (Lipinski definition) is 1. The van der Waals surface area contributed by atoms with Crippen molar-refractivity contribution >= 4 is 11.4 Å². The second-order valence-corrected chi connectivity index (χ2v) is 4.59. The van der Waals surface area contributed by atoms with Gasteiger partial charge in [-0.2, -0.15) is 13.2 Å². The average molecular weight is 280 g/mol. The predicted octanol–water partition coefficient (Wildman–Crippen LogP) is 3.74. The fourth-order valence-corrected chi connectivity index (χ4v) is 2.00. The van der Waals surface area contributed by atoms with Gasteiger partial charge < -0.3 is 10.6 Å². The molecule has 1 saturated carbocycles. The molecule has 0 bridgehead atoms. The van der Waals surface area contributed by atoms with E-state index in [2.05, 4.69) is 0 Å². The Bertz CT molecular complexity index is 454. The van der Waals surface area contributed by atoms with E-state index in [0.717, 1.165) is 11.0 Å². The molecule has 0 unspecified atom stereocenters. The SMILES string of the molecule is Nc1ccc(N(CC(F)(F)F)C2CC2)c(C(F)F)c1. The lowest BCUT2D eigenvalue weighted by Gasteiger charge is -2.28. The summed E-state index contributed by atoms with van der Waals surface area (Å²) in [6.07, 6.45) is -6.11. The van der Waals surface area contributed by atoms with Gasteiger partial charge in [-0.15, -0.1) is 0 Å². The van der Waals surface area contributed by atoms with Crippen LogP contribution >= 0.6 is 0 Å². The Morgan fingerprint density at radius 1 is 1.26 bits per heavy atom. The molecule has 1 aromatic carbocycles. The zero-order chi connectivity index (χ0) is 14.2. The molecule has 19 heavy (non-hydrogen) atoms. The van der Waals surface area contributed by atoms with Crippen LogP contribution in [0.3, 0.4) is 0 Å². The van der Waals surface area contributed by atoms with Gasteiger partial charge in [0.1, 0.15) is 6.54 Å². The van der Waals surface area contributed by atoms with E-state index in [1.54, 1.807) is 0 Å². The number of nitrogens with two attached hydrogens (primary N) is 1. The maximum absolute atomic E-state index is 12.9. The van der Waals surface area contributed by atoms with Crippen molar-refractivity contribution in [2.45, 2.75) is 31.5 Å². The van der Waals surface area contributed by atoms with Crippen molar-refractivity contribution < 1.29 is 22.0 Å². The summed E-state index contributed by atoms with van der Waals surface area (Å²) in [5, 5.41) is 0. The van der Waals surface area contributed by atoms with Crippen molar-refractivity contribution in [1.29, 1.82) is 0 Å². The molecule has 2 N–H and O–H groups in total. The molecule has 7 heteroatoms. The average Bonchev–Trinajstić information content (AvgIpc) is 3.08. The first-order chi connectivity index (χ1) is 8.78. The van der Waals surface area contributed by atoms with Crippen LogP contribution in [0.25, 0.3) is 0 Å². The molecule has 0 atom stereocenters. The second-order valence-electron chi connectivity index (χ2n) is 4.59. The van der Waals surface area contributed by atoms with Crippen molar-refractivity contribution in [3.63, 3.8) is 0 Å². The predicted molar refractivity (Wildman–Crippen MR) is 62.2 cm³/mol. The highest BCUT2D eigenvalue weighted by molar-refractivity contribution is 5.61. The van der Waals surface area contributed by atoms with E-state index in [-0.39, 0.29) is 17.4 Å². The van der Waals surface area contributed by atoms with Crippen LogP contribution in [-0.2, 0) is 0 Å². The lowest BCUT2D eigenvalue weighted by molar-refractivity contribution is -0.120. The van der Waals surface area contributed by atoms with Gasteiger partial charge in [-0.3, -0.25) is 0 Å². The maximum atomic E-state index is 12.9. The number of nitrogen functional groups attached to an aromatic ring is 1. The number of rotatable bonds is 4. The molecular formula is C12H13F5N2. The van der Waals surface area contributed by atoms with Crippen LogP contribution in [0, 0.1) is 0 Å². The zero-order valence-electron chi connectivity index (χ0n) is 9.92. The molecule has 0 radical (unpaired) electrons. The number of benzene rings is 1. The van der Waals surface area contributed by atoms with Gasteiger partial charge in [-0.05, 0) is 31.0 Å². The summed E-state index contributed by atoms with van der Waals surface area (Å²) in [7, 11) is 0. The standard InChI is InChI=1S/C12H13F5N2/c13-11(14)9-5-7(18)1-4-10(9)19(8-2-3-8)6-12(15,16)17/h1,4-5,8,11H,2-3,6,18H2. The minimum atomic E-state index is -4.43. The van der Waals surface area contributed by atoms with E-state index in [9.17, 15) is 22.0 Å². The number of anilines is 2. The van der Waals surface area contributed by atoms with Gasteiger partial charge in [-0.25, -0.2) is 8.78 Å². The molecule has 0 saturated heterocycles. The summed E-state index contributed by atoms with van der Waals surface area (Å²) >= 11 is 0. The van der Waals surface area contributed by atoms with Crippen LogP contribution in [0.1, 0.15) is 24.8 Å². The third-order valence-electron chi connectivity index (χ3n) is 2.93. The fraction of sp³-hybridized carbons (Fsp3) is 0.500. The molecule has 0 amide bonds. The van der Waals surface area contributed by atoms with Gasteiger partial charge in [0, 0.05) is 23.0 Å². The topological polar surface area (TPSA) is 29.3 Å². The van der Waals surface area contributed by atoms with E-state index in [1.807, 2.05) is 0 Å². The lowest BCUT2D eigenvalue weighted by Crippen LogP contribution is -2.36. The molecule has 0 aromatic heterocycles. The molecule has 1 aromatic rings. The Labute approximate surface area is 107 Å². The number of halogens is 5. The quantitative estimate of drug-likeness (QED) is 0.672. The zero-order valence-corrected chi connectivity index (χ0v) is 9.92. The third kappa shape index (κ3) is 3.48. The van der Waals surface area contributed by atoms with Crippen LogP contribution < -0.4 is 10.6 Å². The first-order valence-electron chi connectivity index (χ1n) is 5.79. The Morgan fingerprint density at radius 3 is 2.37 bits per heavy atom. The summed E-state index contributed by atoms with van der Waals surface area (Å²) in [4.78, 5) is 1.00. The van der Waals surface area contributed by atoms with Gasteiger partial charge in [0.2, 0.25) is 0 Å². The largest absolute Gasteiger partial charge is 0.405 e. The highest BCUT2D eigenvalue weighted by Crippen LogP contribution is 2.39. The van der Waals surface area contributed by atoms with Crippen molar-refractivity contribution in [1.82, 2.24) is 0 Å². The third-order valence-corrected chi connectivity index (χ3v) is 2.93. The number of hydrogen-bond acceptors (Lipinski definition) is 2. The molecule has 106 valence electrons. The van der Waals surface area contributed by atoms with Crippen LogP contribution in [-0.4, -0.2) is 18.8 Å². The molecule has 0 aliphatic heterocycles. The van der Waals surface area contributed by atoms with E-state index >= 15 is 0 Å². The summed E-state index contributed by atoms with van der Waals surface area (Å²) in [6, 6.07) is 3.29. The second kappa shape index (κ2) is 4.86. The molecule has 1 fully saturated rings. The highest BCUT2D eigenvalue weighted by atomic mass is 19.4. The van der Waals surface area contributed by atoms with Gasteiger partial charge in [0.25, 0.3) is 6.43 Å². The van der Waals surface area contributed by atoms with Gasteiger partial charge in [0.05, 0.1) is 0 Å². The normalized spacial score (nSPS) is 15.9. The molecular weight excluding hydrogens is 267 g/mol. The van der Waals surface area contributed by atoms with Crippen molar-refractivity contribution in [2.24, 2.45) is 0 Å². The number of alkyl halides is 5. The molecule has 0 heterocycles. The molecule has 1 aliphatic rings. The van der Waals surface area contributed by atoms with Crippen molar-refractivity contribution in [3.8, 4) is 0 Å². The first kappa shape index (κ1) is 13.9. The number of nitrogens with zero attached hydrogens (tertiary/aromatic N) is 1. The van der Waals surface area contributed by atoms with Crippen LogP contribution in [0.2, 0.25) is 0 Å². The Morgan fingerprint density at radius 2 is 1.89 bits per heavy atom. The highest BCUT2D eigenvalue weighted by Gasteiger charge is 2.39. The molecule has 2 nitrogen and oxygen atoms in total. The van der Waals surface area contributed by atoms with Gasteiger partial charge in [0.15, 0.2) is 0 Å². The summed E-state index contributed by atoms with van der Waals surface area (Å²) in [6.45, 7) is -1.22. The van der Waals surface area contributed by atoms with E-state index < -0.39 is 24.7 Å². The smallest absolute Gasteiger partial charge is 0.399 e. The van der Waals surface area contributed by atoms with Crippen LogP contribution in [0.15, 0.2) is 18.2 Å². The van der Waals surface area contributed by atoms with E-state index in [1.165, 1.54) is 12.1 Å². The monoisotopic (exact) mass is 280 g/mol.